The maximum Gasteiger partial charge on any atom is 0.435 e. The predicted molar refractivity (Wildman–Crippen MR) is 91.3 cm³/mol. The summed E-state index contributed by atoms with van der Waals surface area (Å²) < 4.78 is 40.2. The number of aromatic nitrogens is 3. The van der Waals surface area contributed by atoms with Crippen LogP contribution in [0.25, 0.3) is 0 Å². The molecule has 0 spiro atoms. The summed E-state index contributed by atoms with van der Waals surface area (Å²) in [5.74, 6) is 0.519. The summed E-state index contributed by atoms with van der Waals surface area (Å²) in [6.45, 7) is 4.86. The Morgan fingerprint density at radius 2 is 2.16 bits per heavy atom. The minimum atomic E-state index is -4.49. The molecule has 2 aromatic heterocycles. The standard InChI is InChI=1S/C15H21F3N6S/c1-5-19-14(23(3)8-12-9-25-10(2)21-12)20-6-11-7-24(4)22-13(11)15(16,17)18/h7,9H,5-6,8H2,1-4H3,(H,19,20). The molecule has 0 aromatic carbocycles. The molecule has 2 rings (SSSR count). The zero-order chi connectivity index (χ0) is 18.6. The second-order valence-electron chi connectivity index (χ2n) is 5.56. The molecule has 0 amide bonds. The maximum atomic E-state index is 13.0. The number of thiazole rings is 1. The van der Waals surface area contributed by atoms with Crippen LogP contribution in [0.3, 0.4) is 0 Å². The molecule has 0 radical (unpaired) electrons. The van der Waals surface area contributed by atoms with E-state index >= 15 is 0 Å². The zero-order valence-corrected chi connectivity index (χ0v) is 15.4. The number of rotatable bonds is 5. The number of guanidine groups is 1. The number of hydrogen-bond acceptors (Lipinski definition) is 4. The van der Waals surface area contributed by atoms with Gasteiger partial charge in [-0.05, 0) is 13.8 Å². The van der Waals surface area contributed by atoms with Gasteiger partial charge in [-0.3, -0.25) is 4.68 Å². The fourth-order valence-electron chi connectivity index (χ4n) is 2.32. The molecule has 0 aliphatic carbocycles. The third-order valence-electron chi connectivity index (χ3n) is 3.33. The summed E-state index contributed by atoms with van der Waals surface area (Å²) in [4.78, 5) is 10.6. The highest BCUT2D eigenvalue weighted by Gasteiger charge is 2.36. The van der Waals surface area contributed by atoms with E-state index in [4.69, 9.17) is 0 Å². The van der Waals surface area contributed by atoms with Gasteiger partial charge in [0.25, 0.3) is 0 Å². The van der Waals surface area contributed by atoms with Crippen molar-refractivity contribution in [1.82, 2.24) is 25.0 Å². The summed E-state index contributed by atoms with van der Waals surface area (Å²) in [5, 5.41) is 9.51. The van der Waals surface area contributed by atoms with Gasteiger partial charge in [0, 0.05) is 37.8 Å². The quantitative estimate of drug-likeness (QED) is 0.646. The van der Waals surface area contributed by atoms with Crippen molar-refractivity contribution in [3.8, 4) is 0 Å². The van der Waals surface area contributed by atoms with Gasteiger partial charge < -0.3 is 10.2 Å². The first-order chi connectivity index (χ1) is 11.7. The molecule has 0 aliphatic heterocycles. The lowest BCUT2D eigenvalue weighted by atomic mass is 10.2. The summed E-state index contributed by atoms with van der Waals surface area (Å²) in [6.07, 6.45) is -3.14. The van der Waals surface area contributed by atoms with E-state index in [-0.39, 0.29) is 12.1 Å². The Balaban J connectivity index is 2.17. The van der Waals surface area contributed by atoms with E-state index in [1.807, 2.05) is 31.2 Å². The Hall–Kier alpha value is -2.10. The monoisotopic (exact) mass is 374 g/mol. The van der Waals surface area contributed by atoms with Gasteiger partial charge >= 0.3 is 6.18 Å². The van der Waals surface area contributed by atoms with Gasteiger partial charge in [-0.1, -0.05) is 0 Å². The van der Waals surface area contributed by atoms with Crippen molar-refractivity contribution in [2.75, 3.05) is 13.6 Å². The van der Waals surface area contributed by atoms with Gasteiger partial charge in [-0.15, -0.1) is 11.3 Å². The highest BCUT2D eigenvalue weighted by atomic mass is 32.1. The molecule has 25 heavy (non-hydrogen) atoms. The van der Waals surface area contributed by atoms with Crippen molar-refractivity contribution in [3.05, 3.63) is 33.5 Å². The molecule has 138 valence electrons. The van der Waals surface area contributed by atoms with E-state index in [1.54, 1.807) is 11.3 Å². The number of alkyl halides is 3. The lowest BCUT2D eigenvalue weighted by Gasteiger charge is -2.21. The van der Waals surface area contributed by atoms with Crippen molar-refractivity contribution in [2.24, 2.45) is 12.0 Å². The minimum Gasteiger partial charge on any atom is -0.357 e. The van der Waals surface area contributed by atoms with E-state index in [1.165, 1.54) is 13.2 Å². The molecule has 10 heteroatoms. The molecular weight excluding hydrogens is 353 g/mol. The molecule has 1 N–H and O–H groups in total. The third kappa shape index (κ3) is 5.18. The average molecular weight is 374 g/mol. The second kappa shape index (κ2) is 7.85. The first-order valence-electron chi connectivity index (χ1n) is 7.71. The summed E-state index contributed by atoms with van der Waals surface area (Å²) in [6, 6.07) is 0. The predicted octanol–water partition coefficient (Wildman–Crippen LogP) is 2.80. The number of aliphatic imine (C=N–C) groups is 1. The molecule has 0 saturated carbocycles. The van der Waals surface area contributed by atoms with Crippen LogP contribution in [0, 0.1) is 6.92 Å². The molecule has 0 saturated heterocycles. The van der Waals surface area contributed by atoms with Crippen LogP contribution in [0.1, 0.15) is 28.9 Å². The van der Waals surface area contributed by atoms with Crippen molar-refractivity contribution in [1.29, 1.82) is 0 Å². The Bertz CT molecular complexity index is 734. The fourth-order valence-corrected chi connectivity index (χ4v) is 2.92. The molecule has 0 fully saturated rings. The van der Waals surface area contributed by atoms with Crippen LogP contribution in [-0.2, 0) is 26.3 Å². The summed E-state index contributed by atoms with van der Waals surface area (Å²) >= 11 is 1.56. The lowest BCUT2D eigenvalue weighted by molar-refractivity contribution is -0.142. The van der Waals surface area contributed by atoms with Crippen LogP contribution in [0.5, 0.6) is 0 Å². The minimum absolute atomic E-state index is 0.0447. The van der Waals surface area contributed by atoms with Gasteiger partial charge in [0.2, 0.25) is 0 Å². The van der Waals surface area contributed by atoms with Gasteiger partial charge in [0.15, 0.2) is 11.7 Å². The number of aryl methyl sites for hydroxylation is 2. The van der Waals surface area contributed by atoms with Crippen LogP contribution >= 0.6 is 11.3 Å². The van der Waals surface area contributed by atoms with Gasteiger partial charge in [0.1, 0.15) is 0 Å². The van der Waals surface area contributed by atoms with Crippen molar-refractivity contribution < 1.29 is 13.2 Å². The van der Waals surface area contributed by atoms with Crippen molar-refractivity contribution in [3.63, 3.8) is 0 Å². The number of hydrogen-bond donors (Lipinski definition) is 1. The van der Waals surface area contributed by atoms with Crippen LogP contribution < -0.4 is 5.32 Å². The molecular formula is C15H21F3N6S. The molecule has 0 atom stereocenters. The van der Waals surface area contributed by atoms with Crippen LogP contribution in [0.15, 0.2) is 16.6 Å². The largest absolute Gasteiger partial charge is 0.435 e. The molecule has 0 unspecified atom stereocenters. The number of nitrogens with zero attached hydrogens (tertiary/aromatic N) is 5. The molecule has 2 heterocycles. The van der Waals surface area contributed by atoms with E-state index < -0.39 is 11.9 Å². The number of halogens is 3. The van der Waals surface area contributed by atoms with E-state index in [9.17, 15) is 13.2 Å². The maximum absolute atomic E-state index is 13.0. The third-order valence-corrected chi connectivity index (χ3v) is 4.16. The first kappa shape index (κ1) is 19.2. The zero-order valence-electron chi connectivity index (χ0n) is 14.6. The van der Waals surface area contributed by atoms with E-state index in [2.05, 4.69) is 20.4 Å². The van der Waals surface area contributed by atoms with Crippen molar-refractivity contribution >= 4 is 17.3 Å². The summed E-state index contributed by atoms with van der Waals surface area (Å²) in [7, 11) is 3.29. The Labute approximate surface area is 148 Å². The fraction of sp³-hybridized carbons (Fsp3) is 0.533. The van der Waals surface area contributed by atoms with Crippen LogP contribution in [0.2, 0.25) is 0 Å². The first-order valence-corrected chi connectivity index (χ1v) is 8.58. The van der Waals surface area contributed by atoms with Gasteiger partial charge in [0.05, 0.1) is 23.8 Å². The Kier molecular flexibility index (Phi) is 6.04. The second-order valence-corrected chi connectivity index (χ2v) is 6.62. The molecule has 2 aromatic rings. The topological polar surface area (TPSA) is 58.3 Å². The Morgan fingerprint density at radius 1 is 1.44 bits per heavy atom. The molecule has 6 nitrogen and oxygen atoms in total. The lowest BCUT2D eigenvalue weighted by Crippen LogP contribution is -2.38. The smallest absolute Gasteiger partial charge is 0.357 e. The van der Waals surface area contributed by atoms with Crippen molar-refractivity contribution in [2.45, 2.75) is 33.1 Å². The van der Waals surface area contributed by atoms with E-state index in [0.717, 1.165) is 15.4 Å². The van der Waals surface area contributed by atoms with Gasteiger partial charge in [-0.25, -0.2) is 9.98 Å². The highest BCUT2D eigenvalue weighted by Crippen LogP contribution is 2.30. The normalized spacial score (nSPS) is 12.5. The average Bonchev–Trinajstić information content (AvgIpc) is 3.08. The highest BCUT2D eigenvalue weighted by molar-refractivity contribution is 7.09. The van der Waals surface area contributed by atoms with Crippen LogP contribution in [0.4, 0.5) is 13.2 Å². The van der Waals surface area contributed by atoms with E-state index in [0.29, 0.717) is 19.0 Å². The summed E-state index contributed by atoms with van der Waals surface area (Å²) in [5.41, 5.74) is 0.0450. The van der Waals surface area contributed by atoms with Gasteiger partial charge in [-0.2, -0.15) is 18.3 Å². The number of nitrogens with one attached hydrogen (secondary N) is 1. The molecule has 0 aliphatic rings. The molecule has 0 bridgehead atoms. The van der Waals surface area contributed by atoms with Crippen LogP contribution in [-0.4, -0.2) is 39.2 Å². The Morgan fingerprint density at radius 3 is 2.72 bits per heavy atom. The SMILES string of the molecule is CCNC(=NCc1cn(C)nc1C(F)(F)F)N(C)Cc1csc(C)n1.